The molecular formula is C17H17NO3. The lowest BCUT2D eigenvalue weighted by Crippen LogP contribution is -2.12. The molecule has 0 unspecified atom stereocenters. The van der Waals surface area contributed by atoms with E-state index >= 15 is 0 Å². The molecule has 0 bridgehead atoms. The van der Waals surface area contributed by atoms with E-state index in [9.17, 15) is 9.59 Å². The molecule has 0 aliphatic heterocycles. The highest BCUT2D eigenvalue weighted by Crippen LogP contribution is 2.04. The smallest absolute Gasteiger partial charge is 0.312 e. The summed E-state index contributed by atoms with van der Waals surface area (Å²) in [5.74, 6) is -0.864. The maximum atomic E-state index is 12.0. The van der Waals surface area contributed by atoms with Gasteiger partial charge in [0.25, 0.3) is 0 Å². The molecule has 0 N–H and O–H groups in total. The topological polar surface area (TPSA) is 55.7 Å². The zero-order valence-corrected chi connectivity index (χ0v) is 10.9. The van der Waals surface area contributed by atoms with E-state index in [2.05, 4.69) is 5.16 Å². The van der Waals surface area contributed by atoms with E-state index in [1.54, 1.807) is 54.6 Å². The van der Waals surface area contributed by atoms with Crippen molar-refractivity contribution < 1.29 is 14.4 Å². The lowest BCUT2D eigenvalue weighted by Gasteiger charge is -2.01. The highest BCUT2D eigenvalue weighted by molar-refractivity contribution is 6.45. The second-order valence-electron chi connectivity index (χ2n) is 4.12. The van der Waals surface area contributed by atoms with Gasteiger partial charge in [0.15, 0.2) is 0 Å². The largest absolute Gasteiger partial charge is 0.365 e. The van der Waals surface area contributed by atoms with Crippen molar-refractivity contribution in [1.82, 2.24) is 0 Å². The van der Waals surface area contributed by atoms with E-state index in [4.69, 9.17) is 4.84 Å². The number of carbonyl (C=O) groups is 2. The van der Waals surface area contributed by atoms with Gasteiger partial charge in [-0.1, -0.05) is 61.1 Å². The Kier molecular flexibility index (Phi) is 6.01. The van der Waals surface area contributed by atoms with Crippen LogP contribution >= 0.6 is 0 Å². The van der Waals surface area contributed by atoms with Crippen LogP contribution in [0.4, 0.5) is 0 Å². The molecule has 0 aliphatic rings. The SMILES string of the molecule is C.C/C(=N\OC(=O)c1ccccc1)C(=O)c1ccccc1. The van der Waals surface area contributed by atoms with Gasteiger partial charge in [0, 0.05) is 5.56 Å². The van der Waals surface area contributed by atoms with Crippen molar-refractivity contribution in [2.24, 2.45) is 5.16 Å². The van der Waals surface area contributed by atoms with Crippen molar-refractivity contribution in [2.75, 3.05) is 0 Å². The molecule has 0 saturated carbocycles. The average molecular weight is 283 g/mol. The summed E-state index contributed by atoms with van der Waals surface area (Å²) >= 11 is 0. The fourth-order valence-electron chi connectivity index (χ4n) is 1.58. The average Bonchev–Trinajstić information content (AvgIpc) is 2.53. The normalized spacial score (nSPS) is 10.4. The Morgan fingerprint density at radius 1 is 0.857 bits per heavy atom. The van der Waals surface area contributed by atoms with Gasteiger partial charge >= 0.3 is 5.97 Å². The molecule has 0 aliphatic carbocycles. The molecule has 0 saturated heterocycles. The summed E-state index contributed by atoms with van der Waals surface area (Å²) < 4.78 is 0. The molecule has 4 nitrogen and oxygen atoms in total. The molecule has 2 aromatic rings. The third-order valence-electron chi connectivity index (χ3n) is 2.64. The van der Waals surface area contributed by atoms with Crippen LogP contribution in [-0.2, 0) is 4.84 Å². The number of hydrogen-bond acceptors (Lipinski definition) is 4. The molecule has 0 heterocycles. The van der Waals surface area contributed by atoms with Crippen LogP contribution in [0.25, 0.3) is 0 Å². The Morgan fingerprint density at radius 3 is 1.86 bits per heavy atom. The minimum absolute atomic E-state index is 0. The van der Waals surface area contributed by atoms with Gasteiger partial charge in [0.05, 0.1) is 5.56 Å². The number of rotatable bonds is 4. The Bertz CT molecular complexity index is 634. The van der Waals surface area contributed by atoms with Crippen molar-refractivity contribution in [3.8, 4) is 0 Å². The summed E-state index contributed by atoms with van der Waals surface area (Å²) in [6.07, 6.45) is 0. The van der Waals surface area contributed by atoms with Crippen molar-refractivity contribution in [2.45, 2.75) is 14.4 Å². The first kappa shape index (κ1) is 16.3. The minimum Gasteiger partial charge on any atom is -0.312 e. The highest BCUT2D eigenvalue weighted by Gasteiger charge is 2.11. The molecule has 0 radical (unpaired) electrons. The molecule has 4 heteroatoms. The van der Waals surface area contributed by atoms with Gasteiger partial charge in [-0.2, -0.15) is 0 Å². The van der Waals surface area contributed by atoms with Gasteiger partial charge < -0.3 is 4.84 Å². The third-order valence-corrected chi connectivity index (χ3v) is 2.64. The molecular weight excluding hydrogens is 266 g/mol. The quantitative estimate of drug-likeness (QED) is 0.372. The molecule has 108 valence electrons. The molecule has 0 fully saturated rings. The molecule has 21 heavy (non-hydrogen) atoms. The first-order valence-corrected chi connectivity index (χ1v) is 6.09. The van der Waals surface area contributed by atoms with E-state index < -0.39 is 5.97 Å². The van der Waals surface area contributed by atoms with Gasteiger partial charge in [-0.05, 0) is 19.1 Å². The number of ketones is 1. The Balaban J connectivity index is 0.00000220. The summed E-state index contributed by atoms with van der Waals surface area (Å²) in [6.45, 7) is 1.51. The van der Waals surface area contributed by atoms with Crippen molar-refractivity contribution in [3.05, 3.63) is 71.8 Å². The fourth-order valence-corrected chi connectivity index (χ4v) is 1.58. The maximum Gasteiger partial charge on any atom is 0.365 e. The first-order chi connectivity index (χ1) is 9.68. The van der Waals surface area contributed by atoms with Crippen LogP contribution in [0.5, 0.6) is 0 Å². The molecule has 0 amide bonds. The highest BCUT2D eigenvalue weighted by atomic mass is 16.7. The van der Waals surface area contributed by atoms with E-state index in [0.717, 1.165) is 0 Å². The summed E-state index contributed by atoms with van der Waals surface area (Å²) in [5.41, 5.74) is 1.02. The van der Waals surface area contributed by atoms with Gasteiger partial charge in [-0.15, -0.1) is 0 Å². The van der Waals surface area contributed by atoms with Crippen LogP contribution in [0.1, 0.15) is 35.1 Å². The van der Waals surface area contributed by atoms with E-state index in [0.29, 0.717) is 11.1 Å². The Hall–Kier alpha value is -2.75. The number of carbonyl (C=O) groups excluding carboxylic acids is 2. The third kappa shape index (κ3) is 4.38. The van der Waals surface area contributed by atoms with Crippen LogP contribution in [-0.4, -0.2) is 17.5 Å². The monoisotopic (exact) mass is 283 g/mol. The molecule has 0 spiro atoms. The van der Waals surface area contributed by atoms with Crippen molar-refractivity contribution in [1.29, 1.82) is 0 Å². The Morgan fingerprint density at radius 2 is 1.33 bits per heavy atom. The second-order valence-corrected chi connectivity index (χ2v) is 4.12. The summed E-state index contributed by atoms with van der Waals surface area (Å²) in [5, 5.41) is 3.59. The van der Waals surface area contributed by atoms with Gasteiger partial charge in [0.2, 0.25) is 5.78 Å². The first-order valence-electron chi connectivity index (χ1n) is 6.09. The standard InChI is InChI=1S/C16H13NO3.CH4/c1-12(15(18)13-8-4-2-5-9-13)17-20-16(19)14-10-6-3-7-11-14;/h2-11H,1H3;1H4/b17-12+;. The number of nitrogens with zero attached hydrogens (tertiary/aromatic N) is 1. The Labute approximate surface area is 124 Å². The summed E-state index contributed by atoms with van der Waals surface area (Å²) in [6, 6.07) is 17.2. The predicted molar refractivity (Wildman–Crippen MR) is 82.5 cm³/mol. The predicted octanol–water partition coefficient (Wildman–Crippen LogP) is 3.74. The van der Waals surface area contributed by atoms with E-state index in [1.807, 2.05) is 6.07 Å². The number of hydrogen-bond donors (Lipinski definition) is 0. The zero-order chi connectivity index (χ0) is 14.4. The number of benzene rings is 2. The zero-order valence-electron chi connectivity index (χ0n) is 10.9. The van der Waals surface area contributed by atoms with E-state index in [1.165, 1.54) is 6.92 Å². The van der Waals surface area contributed by atoms with Crippen LogP contribution < -0.4 is 0 Å². The van der Waals surface area contributed by atoms with Gasteiger partial charge in [-0.3, -0.25) is 4.79 Å². The minimum atomic E-state index is -0.592. The van der Waals surface area contributed by atoms with Crippen LogP contribution in [0.3, 0.4) is 0 Å². The fraction of sp³-hybridized carbons (Fsp3) is 0.118. The summed E-state index contributed by atoms with van der Waals surface area (Å²) in [7, 11) is 0. The number of oxime groups is 1. The van der Waals surface area contributed by atoms with Crippen LogP contribution in [0, 0.1) is 0 Å². The van der Waals surface area contributed by atoms with Crippen molar-refractivity contribution in [3.63, 3.8) is 0 Å². The van der Waals surface area contributed by atoms with E-state index in [-0.39, 0.29) is 18.9 Å². The second kappa shape index (κ2) is 7.75. The molecule has 2 rings (SSSR count). The van der Waals surface area contributed by atoms with Gasteiger partial charge in [0.1, 0.15) is 5.71 Å². The van der Waals surface area contributed by atoms with Crippen molar-refractivity contribution >= 4 is 17.5 Å². The lowest BCUT2D eigenvalue weighted by atomic mass is 10.1. The maximum absolute atomic E-state index is 12.0. The molecule has 0 aromatic heterocycles. The van der Waals surface area contributed by atoms with Crippen LogP contribution in [0.2, 0.25) is 0 Å². The van der Waals surface area contributed by atoms with Crippen LogP contribution in [0.15, 0.2) is 65.8 Å². The number of Topliss-reactive ketones (excluding diaryl/α,β-unsaturated/α-hetero) is 1. The van der Waals surface area contributed by atoms with Gasteiger partial charge in [-0.25, -0.2) is 4.79 Å². The lowest BCUT2D eigenvalue weighted by molar-refractivity contribution is 0.0515. The molecule has 2 aromatic carbocycles. The molecule has 0 atom stereocenters. The summed E-state index contributed by atoms with van der Waals surface area (Å²) in [4.78, 5) is 28.4.